The van der Waals surface area contributed by atoms with Crippen LogP contribution in [-0.4, -0.2) is 6.54 Å². The van der Waals surface area contributed by atoms with Crippen LogP contribution in [0.1, 0.15) is 34.1 Å². The SMILES string of the molecule is CC(CN)CC(C)(C)C. The van der Waals surface area contributed by atoms with Gasteiger partial charge in [0.2, 0.25) is 0 Å². The summed E-state index contributed by atoms with van der Waals surface area (Å²) >= 11 is 0. The minimum Gasteiger partial charge on any atom is -0.330 e. The molecule has 0 amide bonds. The van der Waals surface area contributed by atoms with Gasteiger partial charge in [-0.15, -0.1) is 0 Å². The van der Waals surface area contributed by atoms with E-state index in [4.69, 9.17) is 5.73 Å². The number of hydrogen-bond donors (Lipinski definition) is 1. The lowest BCUT2D eigenvalue weighted by atomic mass is 9.86. The zero-order valence-electron chi connectivity index (χ0n) is 7.07. The van der Waals surface area contributed by atoms with E-state index in [9.17, 15) is 0 Å². The predicted octanol–water partition coefficient (Wildman–Crippen LogP) is 2.02. The Hall–Kier alpha value is -0.0400. The lowest BCUT2D eigenvalue weighted by Gasteiger charge is -2.21. The van der Waals surface area contributed by atoms with Crippen molar-refractivity contribution in [3.05, 3.63) is 0 Å². The van der Waals surface area contributed by atoms with Gasteiger partial charge in [-0.2, -0.15) is 0 Å². The second-order valence-corrected chi connectivity index (χ2v) is 4.11. The first-order chi connectivity index (χ1) is 3.95. The summed E-state index contributed by atoms with van der Waals surface area (Å²) in [4.78, 5) is 0. The van der Waals surface area contributed by atoms with Crippen LogP contribution in [0.3, 0.4) is 0 Å². The largest absolute Gasteiger partial charge is 0.330 e. The van der Waals surface area contributed by atoms with E-state index in [1.165, 1.54) is 6.42 Å². The Morgan fingerprint density at radius 3 is 1.89 bits per heavy atom. The van der Waals surface area contributed by atoms with Crippen molar-refractivity contribution in [3.63, 3.8) is 0 Å². The van der Waals surface area contributed by atoms with E-state index < -0.39 is 0 Å². The van der Waals surface area contributed by atoms with Crippen LogP contribution >= 0.6 is 0 Å². The van der Waals surface area contributed by atoms with Crippen LogP contribution < -0.4 is 5.73 Å². The van der Waals surface area contributed by atoms with Crippen molar-refractivity contribution in [2.45, 2.75) is 34.1 Å². The molecule has 0 heterocycles. The fourth-order valence-electron chi connectivity index (χ4n) is 1.13. The first kappa shape index (κ1) is 8.96. The molecule has 0 aliphatic carbocycles. The van der Waals surface area contributed by atoms with Gasteiger partial charge in [-0.3, -0.25) is 0 Å². The Kier molecular flexibility index (Phi) is 3.20. The molecule has 0 radical (unpaired) electrons. The molecule has 0 saturated heterocycles. The third-order valence-corrected chi connectivity index (χ3v) is 1.36. The average Bonchev–Trinajstić information content (AvgIpc) is 1.62. The molecule has 2 N–H and O–H groups in total. The van der Waals surface area contributed by atoms with Crippen molar-refractivity contribution < 1.29 is 0 Å². The highest BCUT2D eigenvalue weighted by Crippen LogP contribution is 2.23. The molecule has 0 bridgehead atoms. The van der Waals surface area contributed by atoms with Gasteiger partial charge in [0.05, 0.1) is 0 Å². The first-order valence-corrected chi connectivity index (χ1v) is 3.66. The minimum absolute atomic E-state index is 0.443. The van der Waals surface area contributed by atoms with E-state index in [1.807, 2.05) is 0 Å². The number of hydrogen-bond acceptors (Lipinski definition) is 1. The smallest absolute Gasteiger partial charge is 0.00513 e. The van der Waals surface area contributed by atoms with Crippen molar-refractivity contribution in [2.24, 2.45) is 17.1 Å². The Morgan fingerprint density at radius 2 is 1.78 bits per heavy atom. The normalized spacial score (nSPS) is 15.7. The predicted molar refractivity (Wildman–Crippen MR) is 42.3 cm³/mol. The summed E-state index contributed by atoms with van der Waals surface area (Å²) in [6.45, 7) is 9.76. The van der Waals surface area contributed by atoms with Crippen LogP contribution in [0.25, 0.3) is 0 Å². The Labute approximate surface area is 58.6 Å². The van der Waals surface area contributed by atoms with Crippen LogP contribution in [0.2, 0.25) is 0 Å². The molecule has 56 valence electrons. The molecule has 9 heavy (non-hydrogen) atoms. The summed E-state index contributed by atoms with van der Waals surface area (Å²) < 4.78 is 0. The van der Waals surface area contributed by atoms with Gasteiger partial charge < -0.3 is 5.73 Å². The molecule has 0 spiro atoms. The van der Waals surface area contributed by atoms with E-state index in [0.29, 0.717) is 11.3 Å². The second-order valence-electron chi connectivity index (χ2n) is 4.11. The summed E-state index contributed by atoms with van der Waals surface area (Å²) in [6, 6.07) is 0. The zero-order chi connectivity index (χ0) is 7.49. The maximum Gasteiger partial charge on any atom is -0.00513 e. The van der Waals surface area contributed by atoms with Crippen molar-refractivity contribution >= 4 is 0 Å². The van der Waals surface area contributed by atoms with E-state index in [1.54, 1.807) is 0 Å². The Balaban J connectivity index is 3.47. The van der Waals surface area contributed by atoms with Gasteiger partial charge >= 0.3 is 0 Å². The summed E-state index contributed by atoms with van der Waals surface area (Å²) in [6.07, 6.45) is 1.23. The van der Waals surface area contributed by atoms with Gasteiger partial charge in [0.1, 0.15) is 0 Å². The van der Waals surface area contributed by atoms with Gasteiger partial charge in [-0.1, -0.05) is 27.7 Å². The molecule has 1 unspecified atom stereocenters. The van der Waals surface area contributed by atoms with E-state index in [-0.39, 0.29) is 0 Å². The van der Waals surface area contributed by atoms with E-state index in [2.05, 4.69) is 27.7 Å². The molecule has 0 aromatic carbocycles. The molecule has 0 fully saturated rings. The van der Waals surface area contributed by atoms with Crippen molar-refractivity contribution in [1.29, 1.82) is 0 Å². The minimum atomic E-state index is 0.443. The highest BCUT2D eigenvalue weighted by Gasteiger charge is 2.13. The van der Waals surface area contributed by atoms with Gasteiger partial charge in [-0.05, 0) is 24.3 Å². The lowest BCUT2D eigenvalue weighted by molar-refractivity contribution is 0.311. The third kappa shape index (κ3) is 5.84. The Bertz CT molecular complexity index is 71.1. The van der Waals surface area contributed by atoms with Crippen molar-refractivity contribution in [2.75, 3.05) is 6.54 Å². The van der Waals surface area contributed by atoms with E-state index in [0.717, 1.165) is 6.54 Å². The fourth-order valence-corrected chi connectivity index (χ4v) is 1.13. The summed E-state index contributed by atoms with van der Waals surface area (Å²) in [5.74, 6) is 0.671. The molecule has 0 aromatic rings. The third-order valence-electron chi connectivity index (χ3n) is 1.36. The van der Waals surface area contributed by atoms with Gasteiger partial charge in [-0.25, -0.2) is 0 Å². The molecule has 1 atom stereocenters. The molecular weight excluding hydrogens is 110 g/mol. The maximum absolute atomic E-state index is 5.48. The Morgan fingerprint density at radius 1 is 1.33 bits per heavy atom. The second kappa shape index (κ2) is 3.21. The van der Waals surface area contributed by atoms with Gasteiger partial charge in [0.15, 0.2) is 0 Å². The van der Waals surface area contributed by atoms with Crippen LogP contribution in [-0.2, 0) is 0 Å². The molecule has 0 aliphatic rings. The average molecular weight is 129 g/mol. The van der Waals surface area contributed by atoms with Gasteiger partial charge in [0, 0.05) is 0 Å². The first-order valence-electron chi connectivity index (χ1n) is 3.66. The quantitative estimate of drug-likeness (QED) is 0.606. The topological polar surface area (TPSA) is 26.0 Å². The fraction of sp³-hybridized carbons (Fsp3) is 1.00. The summed E-state index contributed by atoms with van der Waals surface area (Å²) in [7, 11) is 0. The van der Waals surface area contributed by atoms with Gasteiger partial charge in [0.25, 0.3) is 0 Å². The summed E-state index contributed by atoms with van der Waals surface area (Å²) in [5.41, 5.74) is 5.92. The molecule has 0 aromatic heterocycles. The molecule has 0 rings (SSSR count). The van der Waals surface area contributed by atoms with Crippen LogP contribution in [0.15, 0.2) is 0 Å². The highest BCUT2D eigenvalue weighted by molar-refractivity contribution is 4.66. The monoisotopic (exact) mass is 129 g/mol. The van der Waals surface area contributed by atoms with Crippen molar-refractivity contribution in [1.82, 2.24) is 0 Å². The lowest BCUT2D eigenvalue weighted by Crippen LogP contribution is -2.17. The van der Waals surface area contributed by atoms with Crippen LogP contribution in [0.4, 0.5) is 0 Å². The summed E-state index contributed by atoms with van der Waals surface area (Å²) in [5, 5.41) is 0. The molecular formula is C8H19N. The number of nitrogens with two attached hydrogens (primary N) is 1. The standard InChI is InChI=1S/C8H19N/c1-7(6-9)5-8(2,3)4/h7H,5-6,9H2,1-4H3. The highest BCUT2D eigenvalue weighted by atomic mass is 14.5. The van der Waals surface area contributed by atoms with Crippen molar-refractivity contribution in [3.8, 4) is 0 Å². The van der Waals surface area contributed by atoms with E-state index >= 15 is 0 Å². The van der Waals surface area contributed by atoms with Crippen LogP contribution in [0.5, 0.6) is 0 Å². The maximum atomic E-state index is 5.48. The number of rotatable bonds is 2. The molecule has 1 nitrogen and oxygen atoms in total. The molecule has 0 aliphatic heterocycles. The van der Waals surface area contributed by atoms with Crippen LogP contribution in [0, 0.1) is 11.3 Å². The molecule has 0 saturated carbocycles. The zero-order valence-corrected chi connectivity index (χ0v) is 7.07. The molecule has 1 heteroatoms.